The summed E-state index contributed by atoms with van der Waals surface area (Å²) in [5.41, 5.74) is 7.28. The molecule has 1 amide bonds. The minimum absolute atomic E-state index is 0.0713. The Labute approximate surface area is 175 Å². The van der Waals surface area contributed by atoms with Gasteiger partial charge in [-0.05, 0) is 49.2 Å². The van der Waals surface area contributed by atoms with Gasteiger partial charge in [-0.25, -0.2) is 0 Å². The molecule has 28 heavy (non-hydrogen) atoms. The molecule has 0 radical (unpaired) electrons. The van der Waals surface area contributed by atoms with E-state index in [1.807, 2.05) is 13.0 Å². The van der Waals surface area contributed by atoms with Crippen molar-refractivity contribution in [2.75, 3.05) is 12.3 Å². The maximum Gasteiger partial charge on any atom is 0.220 e. The number of halogens is 2. The Balaban J connectivity index is 2.76. The monoisotopic (exact) mass is 418 g/mol. The van der Waals surface area contributed by atoms with E-state index in [9.17, 15) is 9.59 Å². The molecule has 0 spiro atoms. The van der Waals surface area contributed by atoms with E-state index in [0.717, 1.165) is 11.8 Å². The maximum absolute atomic E-state index is 12.6. The zero-order valence-corrected chi connectivity index (χ0v) is 17.5. The molecule has 2 aromatic carbocycles. The molecule has 2 atom stereocenters. The number of hydrogen-bond acceptors (Lipinski definition) is 3. The second-order valence-corrected chi connectivity index (χ2v) is 7.64. The van der Waals surface area contributed by atoms with Crippen molar-refractivity contribution in [2.24, 2.45) is 0 Å². The highest BCUT2D eigenvalue weighted by molar-refractivity contribution is 6.31. The lowest BCUT2D eigenvalue weighted by Crippen LogP contribution is -2.40. The van der Waals surface area contributed by atoms with Crippen molar-refractivity contribution in [3.05, 3.63) is 75.8 Å². The number of carbonyl (C=O) groups excluding carboxylic acids is 2. The van der Waals surface area contributed by atoms with Gasteiger partial charge in [-0.3, -0.25) is 4.79 Å². The average molecular weight is 419 g/mol. The molecule has 0 unspecified atom stereocenters. The normalized spacial score (nSPS) is 14.0. The summed E-state index contributed by atoms with van der Waals surface area (Å²) in [4.78, 5) is 25.2. The highest BCUT2D eigenvalue weighted by atomic mass is 35.5. The first-order chi connectivity index (χ1) is 13.3. The van der Waals surface area contributed by atoms with Crippen LogP contribution < -0.4 is 11.1 Å². The predicted molar refractivity (Wildman–Crippen MR) is 116 cm³/mol. The van der Waals surface area contributed by atoms with Crippen molar-refractivity contribution in [2.45, 2.75) is 31.6 Å². The van der Waals surface area contributed by atoms with Crippen molar-refractivity contribution in [3.8, 4) is 0 Å². The van der Waals surface area contributed by atoms with Crippen LogP contribution in [-0.2, 0) is 15.0 Å². The van der Waals surface area contributed by atoms with Gasteiger partial charge in [0, 0.05) is 34.6 Å². The van der Waals surface area contributed by atoms with Gasteiger partial charge < -0.3 is 15.8 Å². The fourth-order valence-corrected chi connectivity index (χ4v) is 3.97. The molecule has 0 aliphatic carbocycles. The van der Waals surface area contributed by atoms with Crippen LogP contribution >= 0.6 is 23.2 Å². The minimum Gasteiger partial charge on any atom is -0.398 e. The molecule has 148 valence electrons. The summed E-state index contributed by atoms with van der Waals surface area (Å²) in [6, 6.07) is 12.1. The van der Waals surface area contributed by atoms with Gasteiger partial charge in [0.15, 0.2) is 0 Å². The van der Waals surface area contributed by atoms with Gasteiger partial charge in [0.05, 0.1) is 5.41 Å². The lowest BCUT2D eigenvalue weighted by Gasteiger charge is -2.38. The van der Waals surface area contributed by atoms with Gasteiger partial charge in [0.1, 0.15) is 6.29 Å². The summed E-state index contributed by atoms with van der Waals surface area (Å²) in [7, 11) is 0. The van der Waals surface area contributed by atoms with Crippen molar-refractivity contribution >= 4 is 41.1 Å². The van der Waals surface area contributed by atoms with E-state index >= 15 is 0 Å². The topological polar surface area (TPSA) is 72.2 Å². The highest BCUT2D eigenvalue weighted by Gasteiger charge is 2.44. The predicted octanol–water partition coefficient (Wildman–Crippen LogP) is 4.90. The van der Waals surface area contributed by atoms with Crippen LogP contribution in [0.1, 0.15) is 37.3 Å². The molecule has 0 bridgehead atoms. The Kier molecular flexibility index (Phi) is 7.28. The van der Waals surface area contributed by atoms with E-state index in [0.29, 0.717) is 33.4 Å². The Bertz CT molecular complexity index is 898. The number of hydrogen-bond donors (Lipinski definition) is 2. The third kappa shape index (κ3) is 4.40. The number of nitrogens with one attached hydrogen (secondary N) is 1. The molecule has 2 aromatic rings. The number of aldehydes is 1. The van der Waals surface area contributed by atoms with E-state index in [1.165, 1.54) is 0 Å². The molecule has 3 N–H and O–H groups in total. The lowest BCUT2D eigenvalue weighted by molar-refractivity contribution is -0.122. The van der Waals surface area contributed by atoms with E-state index in [4.69, 9.17) is 28.9 Å². The molecule has 6 heteroatoms. The van der Waals surface area contributed by atoms with Gasteiger partial charge in [-0.15, -0.1) is 0 Å². The summed E-state index contributed by atoms with van der Waals surface area (Å²) in [6.07, 6.45) is 0.890. The average Bonchev–Trinajstić information content (AvgIpc) is 2.63. The summed E-state index contributed by atoms with van der Waals surface area (Å²) in [5.74, 6) is -0.719. The Hall–Kier alpha value is -2.30. The number of allylic oxidation sites excluding steroid dienone is 1. The van der Waals surface area contributed by atoms with Crippen LogP contribution in [0, 0.1) is 0 Å². The molecule has 0 fully saturated rings. The quantitative estimate of drug-likeness (QED) is 0.363. The number of benzene rings is 2. The first-order valence-corrected chi connectivity index (χ1v) is 9.71. The van der Waals surface area contributed by atoms with Gasteiger partial charge in [-0.1, -0.05) is 53.6 Å². The number of anilines is 1. The van der Waals surface area contributed by atoms with Gasteiger partial charge >= 0.3 is 0 Å². The Morgan fingerprint density at radius 2 is 1.93 bits per heavy atom. The van der Waals surface area contributed by atoms with Crippen molar-refractivity contribution < 1.29 is 9.59 Å². The van der Waals surface area contributed by atoms with Crippen molar-refractivity contribution in [1.29, 1.82) is 0 Å². The highest BCUT2D eigenvalue weighted by Crippen LogP contribution is 2.47. The zero-order valence-electron chi connectivity index (χ0n) is 16.0. The molecule has 0 aromatic heterocycles. The number of nitrogen functional groups attached to an aromatic ring is 1. The lowest BCUT2D eigenvalue weighted by atomic mass is 9.63. The van der Waals surface area contributed by atoms with E-state index in [2.05, 4.69) is 11.9 Å². The van der Waals surface area contributed by atoms with Gasteiger partial charge in [0.25, 0.3) is 0 Å². The second-order valence-electron chi connectivity index (χ2n) is 6.76. The molecule has 4 nitrogen and oxygen atoms in total. The molecule has 0 aliphatic rings. The van der Waals surface area contributed by atoms with Gasteiger partial charge in [0.2, 0.25) is 5.91 Å². The van der Waals surface area contributed by atoms with Gasteiger partial charge in [-0.2, -0.15) is 0 Å². The molecule has 0 heterocycles. The van der Waals surface area contributed by atoms with Crippen LogP contribution in [0.2, 0.25) is 10.0 Å². The number of amides is 1. The Morgan fingerprint density at radius 3 is 2.46 bits per heavy atom. The molecule has 0 saturated carbocycles. The van der Waals surface area contributed by atoms with Crippen LogP contribution in [0.15, 0.2) is 54.6 Å². The fraction of sp³-hybridized carbons (Fsp3) is 0.273. The van der Waals surface area contributed by atoms with Crippen molar-refractivity contribution in [1.82, 2.24) is 5.32 Å². The van der Waals surface area contributed by atoms with Crippen LogP contribution in [0.4, 0.5) is 5.69 Å². The minimum atomic E-state index is -1.22. The third-order valence-corrected chi connectivity index (χ3v) is 5.39. The van der Waals surface area contributed by atoms with Crippen LogP contribution in [0.25, 0.3) is 0 Å². The van der Waals surface area contributed by atoms with Crippen LogP contribution in [0.5, 0.6) is 0 Å². The number of nitrogens with two attached hydrogens (primary N) is 1. The van der Waals surface area contributed by atoms with E-state index in [1.54, 1.807) is 43.3 Å². The molecule has 0 saturated heterocycles. The van der Waals surface area contributed by atoms with Crippen LogP contribution in [-0.4, -0.2) is 18.7 Å². The summed E-state index contributed by atoms with van der Waals surface area (Å²) in [5, 5.41) is 3.78. The fourth-order valence-electron chi connectivity index (χ4n) is 3.59. The number of carbonyl (C=O) groups is 2. The smallest absolute Gasteiger partial charge is 0.220 e. The summed E-state index contributed by atoms with van der Waals surface area (Å²) in [6.45, 7) is 8.17. The third-order valence-electron chi connectivity index (χ3n) is 4.92. The molecular formula is C22H24Cl2N2O2. The second kappa shape index (κ2) is 9.26. The maximum atomic E-state index is 12.6. The first-order valence-electron chi connectivity index (χ1n) is 8.96. The summed E-state index contributed by atoms with van der Waals surface area (Å²) < 4.78 is 0. The molecular weight excluding hydrogens is 395 g/mol. The zero-order chi connectivity index (χ0) is 20.9. The Morgan fingerprint density at radius 1 is 1.25 bits per heavy atom. The number of rotatable bonds is 8. The SMILES string of the molecule is C=C(C)[C@@](C=O)(c1ccc(Cl)cc1N)[C@H](CC(=O)NCC)c1cccc(Cl)c1. The van der Waals surface area contributed by atoms with E-state index < -0.39 is 11.3 Å². The first kappa shape index (κ1) is 22.0. The van der Waals surface area contributed by atoms with Crippen LogP contribution in [0.3, 0.4) is 0 Å². The summed E-state index contributed by atoms with van der Waals surface area (Å²) >= 11 is 12.3. The largest absolute Gasteiger partial charge is 0.398 e. The molecule has 2 rings (SSSR count). The van der Waals surface area contributed by atoms with Crippen molar-refractivity contribution in [3.63, 3.8) is 0 Å². The van der Waals surface area contributed by atoms with E-state index in [-0.39, 0.29) is 12.3 Å². The molecule has 0 aliphatic heterocycles. The standard InChI is InChI=1S/C22H24Cl2N2O2/c1-4-26-21(28)12-19(15-6-5-7-16(23)10-15)22(13-27,14(2)3)18-9-8-17(24)11-20(18)25/h5-11,13,19H,2,4,12,25H2,1,3H3,(H,26,28)/t19-,22+/m1/s1.